The van der Waals surface area contributed by atoms with E-state index in [4.69, 9.17) is 0 Å². The van der Waals surface area contributed by atoms with Crippen LogP contribution in [0.4, 0.5) is 18.9 Å². The minimum absolute atomic E-state index is 0.0835. The van der Waals surface area contributed by atoms with E-state index in [1.807, 2.05) is 0 Å². The van der Waals surface area contributed by atoms with Crippen LogP contribution in [0.15, 0.2) is 54.6 Å². The molecular weight excluding hydrogens is 425 g/mol. The van der Waals surface area contributed by atoms with E-state index in [1.54, 1.807) is 19.9 Å². The van der Waals surface area contributed by atoms with Crippen molar-refractivity contribution in [2.24, 2.45) is 0 Å². The van der Waals surface area contributed by atoms with Crippen molar-refractivity contribution >= 4 is 17.7 Å². The number of hydrogen-bond acceptors (Lipinski definition) is 4. The third kappa shape index (κ3) is 5.39. The van der Waals surface area contributed by atoms with E-state index in [0.717, 1.165) is 12.1 Å². The van der Waals surface area contributed by atoms with Gasteiger partial charge in [-0.3, -0.25) is 14.9 Å². The van der Waals surface area contributed by atoms with E-state index in [9.17, 15) is 28.1 Å². The first-order chi connectivity index (χ1) is 15.0. The van der Waals surface area contributed by atoms with Crippen LogP contribution in [0.3, 0.4) is 0 Å². The van der Waals surface area contributed by atoms with E-state index < -0.39 is 22.6 Å². The Morgan fingerprint density at radius 1 is 1.16 bits per heavy atom. The molecule has 0 spiro atoms. The van der Waals surface area contributed by atoms with Crippen molar-refractivity contribution in [2.45, 2.75) is 26.6 Å². The maximum absolute atomic E-state index is 13.6. The fourth-order valence-corrected chi connectivity index (χ4v) is 3.12. The van der Waals surface area contributed by atoms with Gasteiger partial charge in [-0.1, -0.05) is 6.07 Å². The highest BCUT2D eigenvalue weighted by molar-refractivity contribution is 5.91. The number of carbonyl (C=O) groups is 1. The standard InChI is InChI=1S/C22H19F3N4O3/c1-14-11-15(2)28(27-14)19-9-6-17(20(12-19)22(23,24)25)13-26-21(30)10-5-16-3-7-18(8-4-16)29(31)32/h3-12H,13H2,1-2H3,(H,26,30). The van der Waals surface area contributed by atoms with Crippen LogP contribution >= 0.6 is 0 Å². The molecule has 2 aromatic carbocycles. The van der Waals surface area contributed by atoms with Gasteiger partial charge in [0.2, 0.25) is 5.91 Å². The number of nitrogens with zero attached hydrogens (tertiary/aromatic N) is 3. The Morgan fingerprint density at radius 3 is 2.41 bits per heavy atom. The monoisotopic (exact) mass is 444 g/mol. The molecule has 1 amide bonds. The third-order valence-electron chi connectivity index (χ3n) is 4.64. The summed E-state index contributed by atoms with van der Waals surface area (Å²) in [5.74, 6) is -0.598. The zero-order chi connectivity index (χ0) is 23.5. The van der Waals surface area contributed by atoms with Gasteiger partial charge in [-0.2, -0.15) is 18.3 Å². The summed E-state index contributed by atoms with van der Waals surface area (Å²) in [5, 5.41) is 17.3. The minimum Gasteiger partial charge on any atom is -0.348 e. The molecule has 1 heterocycles. The van der Waals surface area contributed by atoms with Crippen LogP contribution in [0, 0.1) is 24.0 Å². The van der Waals surface area contributed by atoms with Crippen molar-refractivity contribution in [3.05, 3.63) is 92.8 Å². The van der Waals surface area contributed by atoms with Crippen molar-refractivity contribution in [1.82, 2.24) is 15.1 Å². The number of nitro benzene ring substituents is 1. The van der Waals surface area contributed by atoms with E-state index in [0.29, 0.717) is 17.0 Å². The van der Waals surface area contributed by atoms with Crippen molar-refractivity contribution in [3.63, 3.8) is 0 Å². The molecule has 0 radical (unpaired) electrons. The molecule has 0 atom stereocenters. The molecule has 10 heteroatoms. The predicted octanol–water partition coefficient (Wildman–Crippen LogP) is 4.75. The smallest absolute Gasteiger partial charge is 0.348 e. The van der Waals surface area contributed by atoms with Gasteiger partial charge in [0.25, 0.3) is 5.69 Å². The number of non-ortho nitro benzene ring substituents is 1. The molecule has 7 nitrogen and oxygen atoms in total. The quantitative estimate of drug-likeness (QED) is 0.338. The molecule has 0 fully saturated rings. The summed E-state index contributed by atoms with van der Waals surface area (Å²) in [6.45, 7) is 3.18. The van der Waals surface area contributed by atoms with Crippen LogP contribution in [0.2, 0.25) is 0 Å². The van der Waals surface area contributed by atoms with Crippen LogP contribution < -0.4 is 5.32 Å². The van der Waals surface area contributed by atoms with Gasteiger partial charge in [-0.25, -0.2) is 4.68 Å². The van der Waals surface area contributed by atoms with E-state index >= 15 is 0 Å². The number of nitro groups is 1. The van der Waals surface area contributed by atoms with Crippen molar-refractivity contribution in [3.8, 4) is 5.69 Å². The van der Waals surface area contributed by atoms with Crippen molar-refractivity contribution in [1.29, 1.82) is 0 Å². The number of nitrogens with one attached hydrogen (secondary N) is 1. The van der Waals surface area contributed by atoms with Gasteiger partial charge >= 0.3 is 6.18 Å². The number of benzene rings is 2. The summed E-state index contributed by atoms with van der Waals surface area (Å²) in [7, 11) is 0. The Labute approximate surface area is 181 Å². The Morgan fingerprint density at radius 2 is 1.84 bits per heavy atom. The van der Waals surface area contributed by atoms with Gasteiger partial charge in [0, 0.05) is 30.4 Å². The summed E-state index contributed by atoms with van der Waals surface area (Å²) in [6, 6.07) is 11.1. The molecule has 0 aliphatic carbocycles. The van der Waals surface area contributed by atoms with Crippen LogP contribution in [0.25, 0.3) is 11.8 Å². The summed E-state index contributed by atoms with van der Waals surface area (Å²) in [6.07, 6.45) is -2.05. The molecule has 3 aromatic rings. The van der Waals surface area contributed by atoms with Crippen LogP contribution in [-0.4, -0.2) is 20.6 Å². The second kappa shape index (κ2) is 9.04. The SMILES string of the molecule is Cc1cc(C)n(-c2ccc(CNC(=O)C=Cc3ccc([N+](=O)[O-])cc3)c(C(F)(F)F)c2)n1. The molecule has 0 unspecified atom stereocenters. The molecule has 3 rings (SSSR count). The highest BCUT2D eigenvalue weighted by Gasteiger charge is 2.33. The van der Waals surface area contributed by atoms with Crippen LogP contribution in [0.5, 0.6) is 0 Å². The number of carbonyl (C=O) groups excluding carboxylic acids is 1. The van der Waals surface area contributed by atoms with E-state index in [1.165, 1.54) is 47.2 Å². The zero-order valence-corrected chi connectivity index (χ0v) is 17.2. The topological polar surface area (TPSA) is 90.1 Å². The average Bonchev–Trinajstić information content (AvgIpc) is 3.08. The van der Waals surface area contributed by atoms with Gasteiger partial charge in [0.1, 0.15) is 0 Å². The second-order valence-electron chi connectivity index (χ2n) is 7.08. The van der Waals surface area contributed by atoms with Crippen LogP contribution in [-0.2, 0) is 17.5 Å². The summed E-state index contributed by atoms with van der Waals surface area (Å²) >= 11 is 0. The van der Waals surface area contributed by atoms with Gasteiger partial charge in [0.05, 0.1) is 21.9 Å². The largest absolute Gasteiger partial charge is 0.416 e. The number of hydrogen-bond donors (Lipinski definition) is 1. The van der Waals surface area contributed by atoms with Crippen molar-refractivity contribution in [2.75, 3.05) is 0 Å². The molecule has 1 aromatic heterocycles. The number of rotatable bonds is 6. The van der Waals surface area contributed by atoms with Gasteiger partial charge < -0.3 is 5.32 Å². The summed E-state index contributed by atoms with van der Waals surface area (Å²) < 4.78 is 42.3. The summed E-state index contributed by atoms with van der Waals surface area (Å²) in [5.41, 5.74) is 1.17. The highest BCUT2D eigenvalue weighted by atomic mass is 19.4. The van der Waals surface area contributed by atoms with Crippen LogP contribution in [0.1, 0.15) is 28.1 Å². The molecule has 166 valence electrons. The maximum Gasteiger partial charge on any atom is 0.416 e. The molecule has 0 aliphatic heterocycles. The predicted molar refractivity (Wildman–Crippen MR) is 112 cm³/mol. The lowest BCUT2D eigenvalue weighted by atomic mass is 10.1. The van der Waals surface area contributed by atoms with E-state index in [2.05, 4.69) is 10.4 Å². The Balaban J connectivity index is 1.74. The number of amides is 1. The molecule has 0 aliphatic rings. The molecule has 0 saturated heterocycles. The fraction of sp³-hybridized carbons (Fsp3) is 0.182. The number of aryl methyl sites for hydroxylation is 2. The molecule has 32 heavy (non-hydrogen) atoms. The van der Waals surface area contributed by atoms with Gasteiger partial charge in [-0.05, 0) is 61.4 Å². The fourth-order valence-electron chi connectivity index (χ4n) is 3.12. The van der Waals surface area contributed by atoms with Crippen molar-refractivity contribution < 1.29 is 22.9 Å². The average molecular weight is 444 g/mol. The minimum atomic E-state index is -4.61. The Kier molecular flexibility index (Phi) is 6.42. The molecular formula is C22H19F3N4O3. The highest BCUT2D eigenvalue weighted by Crippen LogP contribution is 2.33. The second-order valence-corrected chi connectivity index (χ2v) is 7.08. The third-order valence-corrected chi connectivity index (χ3v) is 4.64. The first kappa shape index (κ1) is 22.7. The molecule has 0 saturated carbocycles. The summed E-state index contributed by atoms with van der Waals surface area (Å²) in [4.78, 5) is 22.2. The van der Waals surface area contributed by atoms with Gasteiger partial charge in [-0.15, -0.1) is 0 Å². The Bertz CT molecular complexity index is 1180. The van der Waals surface area contributed by atoms with E-state index in [-0.39, 0.29) is 23.5 Å². The molecule has 1 N–H and O–H groups in total. The number of halogens is 3. The zero-order valence-electron chi connectivity index (χ0n) is 17.2. The Hall–Kier alpha value is -3.95. The first-order valence-electron chi connectivity index (χ1n) is 9.49. The lowest BCUT2D eigenvalue weighted by molar-refractivity contribution is -0.384. The number of alkyl halides is 3. The lowest BCUT2D eigenvalue weighted by Crippen LogP contribution is -2.23. The first-order valence-corrected chi connectivity index (χ1v) is 9.49. The lowest BCUT2D eigenvalue weighted by Gasteiger charge is -2.15. The normalized spacial score (nSPS) is 11.7. The molecule has 0 bridgehead atoms. The number of aromatic nitrogens is 2. The maximum atomic E-state index is 13.6. The van der Waals surface area contributed by atoms with Gasteiger partial charge in [0.15, 0.2) is 0 Å².